The van der Waals surface area contributed by atoms with Crippen LogP contribution in [0.25, 0.3) is 0 Å². The summed E-state index contributed by atoms with van der Waals surface area (Å²) in [5, 5.41) is 9.81. The van der Waals surface area contributed by atoms with Gasteiger partial charge in [0.15, 0.2) is 10.3 Å². The minimum Gasteiger partial charge on any atom is -0.274 e. The normalized spacial score (nSPS) is 11.0. The number of hydrogen-bond donors (Lipinski definition) is 1. The van der Waals surface area contributed by atoms with Crippen molar-refractivity contribution in [3.8, 4) is 0 Å². The smallest absolute Gasteiger partial charge is 0.274 e. The van der Waals surface area contributed by atoms with Crippen molar-refractivity contribution in [2.45, 2.75) is 51.6 Å². The molecule has 0 saturated carbocycles. The highest BCUT2D eigenvalue weighted by Gasteiger charge is 2.19. The number of nitrogens with zero attached hydrogens (tertiary/aromatic N) is 4. The number of thioether (sulfide) groups is 1. The zero-order chi connectivity index (χ0) is 20.3. The van der Waals surface area contributed by atoms with Crippen molar-refractivity contribution in [3.05, 3.63) is 50.9 Å². The third-order valence-electron chi connectivity index (χ3n) is 4.31. The molecule has 0 fully saturated rings. The molecule has 2 heterocycles. The lowest BCUT2D eigenvalue weighted by molar-refractivity contribution is -0.115. The Bertz CT molecular complexity index is 1040. The first-order chi connectivity index (χ1) is 13.4. The summed E-state index contributed by atoms with van der Waals surface area (Å²) in [6.45, 7) is 8.26. The number of H-pyrrole nitrogens is 1. The van der Waals surface area contributed by atoms with Gasteiger partial charge in [-0.3, -0.25) is 14.3 Å². The Balaban J connectivity index is 1.79. The average molecular weight is 418 g/mol. The van der Waals surface area contributed by atoms with Crippen molar-refractivity contribution in [1.82, 2.24) is 19.7 Å². The number of nitrogens with one attached hydrogen (secondary N) is 1. The Labute approximate surface area is 171 Å². The third-order valence-corrected chi connectivity index (χ3v) is 6.20. The lowest BCUT2D eigenvalue weighted by Gasteiger charge is -2.19. The third kappa shape index (κ3) is 4.36. The Hall–Kier alpha value is -2.39. The molecule has 148 valence electrons. The van der Waals surface area contributed by atoms with Gasteiger partial charge in [-0.05, 0) is 43.5 Å². The fraction of sp³-hybridized carbons (Fsp3) is 0.368. The SMILES string of the molecule is CCCn1c(SCc2csc(N(C(C)=O)c3ccc(C)c(C)c3)n2)n[nH]c1=O. The Morgan fingerprint density at radius 2 is 2.11 bits per heavy atom. The van der Waals surface area contributed by atoms with Crippen LogP contribution in [0.1, 0.15) is 37.1 Å². The van der Waals surface area contributed by atoms with E-state index in [1.54, 1.807) is 9.47 Å². The molecule has 7 nitrogen and oxygen atoms in total. The van der Waals surface area contributed by atoms with E-state index in [9.17, 15) is 9.59 Å². The summed E-state index contributed by atoms with van der Waals surface area (Å²) in [5.41, 5.74) is 3.77. The highest BCUT2D eigenvalue weighted by molar-refractivity contribution is 7.98. The molecular weight excluding hydrogens is 394 g/mol. The number of aromatic amines is 1. The van der Waals surface area contributed by atoms with Gasteiger partial charge in [0, 0.05) is 24.6 Å². The monoisotopic (exact) mass is 417 g/mol. The molecule has 3 rings (SSSR count). The maximum Gasteiger partial charge on any atom is 0.343 e. The maximum absolute atomic E-state index is 12.3. The van der Waals surface area contributed by atoms with Crippen LogP contribution in [0, 0.1) is 13.8 Å². The topological polar surface area (TPSA) is 83.9 Å². The van der Waals surface area contributed by atoms with Crippen molar-refractivity contribution in [3.63, 3.8) is 0 Å². The van der Waals surface area contributed by atoms with Gasteiger partial charge in [-0.2, -0.15) is 0 Å². The molecular formula is C19H23N5O2S2. The molecule has 0 spiro atoms. The first kappa shape index (κ1) is 20.3. The summed E-state index contributed by atoms with van der Waals surface area (Å²) in [4.78, 5) is 30.3. The van der Waals surface area contributed by atoms with E-state index >= 15 is 0 Å². The maximum atomic E-state index is 12.3. The van der Waals surface area contributed by atoms with Gasteiger partial charge >= 0.3 is 5.69 Å². The van der Waals surface area contributed by atoms with Crippen LogP contribution in [0.15, 0.2) is 33.5 Å². The lowest BCUT2D eigenvalue weighted by atomic mass is 10.1. The van der Waals surface area contributed by atoms with Gasteiger partial charge in [-0.1, -0.05) is 24.8 Å². The molecule has 1 amide bonds. The molecule has 0 atom stereocenters. The number of amides is 1. The fourth-order valence-electron chi connectivity index (χ4n) is 2.73. The van der Waals surface area contributed by atoms with Gasteiger partial charge in [-0.15, -0.1) is 16.4 Å². The lowest BCUT2D eigenvalue weighted by Crippen LogP contribution is -2.22. The molecule has 28 heavy (non-hydrogen) atoms. The highest BCUT2D eigenvalue weighted by Crippen LogP contribution is 2.31. The van der Waals surface area contributed by atoms with Gasteiger partial charge < -0.3 is 0 Å². The van der Waals surface area contributed by atoms with Crippen LogP contribution in [0.2, 0.25) is 0 Å². The predicted octanol–water partition coefficient (Wildman–Crippen LogP) is 4.03. The number of anilines is 2. The number of hydrogen-bond acceptors (Lipinski definition) is 6. The van der Waals surface area contributed by atoms with Crippen molar-refractivity contribution in [1.29, 1.82) is 0 Å². The predicted molar refractivity (Wildman–Crippen MR) is 114 cm³/mol. The van der Waals surface area contributed by atoms with Crippen molar-refractivity contribution >= 4 is 39.8 Å². The van der Waals surface area contributed by atoms with Crippen LogP contribution in [-0.2, 0) is 17.1 Å². The van der Waals surface area contributed by atoms with E-state index in [1.165, 1.54) is 35.6 Å². The van der Waals surface area contributed by atoms with E-state index in [-0.39, 0.29) is 11.6 Å². The largest absolute Gasteiger partial charge is 0.343 e. The first-order valence-electron chi connectivity index (χ1n) is 9.01. The molecule has 0 saturated heterocycles. The summed E-state index contributed by atoms with van der Waals surface area (Å²) in [5.74, 6) is 0.490. The number of carbonyl (C=O) groups is 1. The number of aryl methyl sites for hydroxylation is 2. The van der Waals surface area contributed by atoms with Gasteiger partial charge in [-0.25, -0.2) is 14.9 Å². The van der Waals surface area contributed by atoms with Crippen LogP contribution in [-0.4, -0.2) is 25.7 Å². The average Bonchev–Trinajstić information content (AvgIpc) is 3.24. The molecule has 0 aliphatic carbocycles. The summed E-state index contributed by atoms with van der Waals surface area (Å²) >= 11 is 2.89. The Morgan fingerprint density at radius 3 is 2.79 bits per heavy atom. The van der Waals surface area contributed by atoms with Crippen LogP contribution >= 0.6 is 23.1 Å². The van der Waals surface area contributed by atoms with Gasteiger partial charge in [0.1, 0.15) is 0 Å². The van der Waals surface area contributed by atoms with E-state index in [1.807, 2.05) is 44.4 Å². The summed E-state index contributed by atoms with van der Waals surface area (Å²) in [7, 11) is 0. The van der Waals surface area contributed by atoms with E-state index in [4.69, 9.17) is 0 Å². The van der Waals surface area contributed by atoms with E-state index in [0.717, 1.165) is 23.4 Å². The molecule has 1 N–H and O–H groups in total. The molecule has 9 heteroatoms. The molecule has 0 bridgehead atoms. The molecule has 1 aromatic carbocycles. The van der Waals surface area contributed by atoms with Crippen LogP contribution in [0.4, 0.5) is 10.8 Å². The molecule has 0 aliphatic rings. The van der Waals surface area contributed by atoms with Crippen molar-refractivity contribution in [2.75, 3.05) is 4.90 Å². The van der Waals surface area contributed by atoms with Crippen LogP contribution in [0.3, 0.4) is 0 Å². The quantitative estimate of drug-likeness (QED) is 0.587. The summed E-state index contributed by atoms with van der Waals surface area (Å²) < 4.78 is 1.63. The standard InChI is InChI=1S/C19H23N5O2S2/c1-5-8-23-17(26)21-22-19(23)28-11-15-10-27-18(20-15)24(14(4)25)16-7-6-12(2)13(3)9-16/h6-7,9-10H,5,8,11H2,1-4H3,(H,21,26). The number of rotatable bonds is 7. The van der Waals surface area contributed by atoms with Crippen molar-refractivity contribution < 1.29 is 4.79 Å². The first-order valence-corrected chi connectivity index (χ1v) is 10.9. The van der Waals surface area contributed by atoms with E-state index in [2.05, 4.69) is 15.2 Å². The minimum atomic E-state index is -0.194. The zero-order valence-electron chi connectivity index (χ0n) is 16.4. The second kappa shape index (κ2) is 8.74. The molecule has 3 aromatic rings. The van der Waals surface area contributed by atoms with E-state index < -0.39 is 0 Å². The van der Waals surface area contributed by atoms with E-state index in [0.29, 0.717) is 22.6 Å². The van der Waals surface area contributed by atoms with Gasteiger partial charge in [0.05, 0.1) is 11.4 Å². The van der Waals surface area contributed by atoms with Gasteiger partial charge in [0.25, 0.3) is 0 Å². The van der Waals surface area contributed by atoms with Crippen molar-refractivity contribution in [2.24, 2.45) is 0 Å². The highest BCUT2D eigenvalue weighted by atomic mass is 32.2. The molecule has 2 aromatic heterocycles. The second-order valence-electron chi connectivity index (χ2n) is 6.50. The summed E-state index contributed by atoms with van der Waals surface area (Å²) in [6.07, 6.45) is 0.859. The van der Waals surface area contributed by atoms with Crippen LogP contribution in [0.5, 0.6) is 0 Å². The number of benzene rings is 1. The Kier molecular flexibility index (Phi) is 6.35. The Morgan fingerprint density at radius 1 is 1.32 bits per heavy atom. The number of aromatic nitrogens is 4. The fourth-order valence-corrected chi connectivity index (χ4v) is 4.59. The number of carbonyl (C=O) groups excluding carboxylic acids is 1. The summed E-state index contributed by atoms with van der Waals surface area (Å²) in [6, 6.07) is 5.95. The van der Waals surface area contributed by atoms with Gasteiger partial charge in [0.2, 0.25) is 5.91 Å². The molecule has 0 aliphatic heterocycles. The zero-order valence-corrected chi connectivity index (χ0v) is 18.0. The van der Waals surface area contributed by atoms with Crippen LogP contribution < -0.4 is 10.6 Å². The molecule has 0 radical (unpaired) electrons. The minimum absolute atomic E-state index is 0.0825. The number of thiazole rings is 1. The molecule has 0 unspecified atom stereocenters. The second-order valence-corrected chi connectivity index (χ2v) is 8.28.